The van der Waals surface area contributed by atoms with E-state index in [1.165, 1.54) is 12.3 Å². The molecule has 0 aliphatic rings. The number of unbranched alkanes of at least 4 members (excludes halogenated alkanes) is 2. The van der Waals surface area contributed by atoms with Crippen molar-refractivity contribution in [2.75, 3.05) is 13.1 Å². The minimum atomic E-state index is -3.40. The Balaban J connectivity index is 2.32. The number of hydrogen-bond acceptors (Lipinski definition) is 4. The summed E-state index contributed by atoms with van der Waals surface area (Å²) in [4.78, 5) is 0. The molecular weight excluding hydrogens is 216 g/mol. The second-order valence-electron chi connectivity index (χ2n) is 3.17. The zero-order chi connectivity index (χ0) is 11.1. The number of nitrogens with two attached hydrogens (primary N) is 1. The first-order valence-electron chi connectivity index (χ1n) is 4.86. The monoisotopic (exact) mass is 232 g/mol. The van der Waals surface area contributed by atoms with Gasteiger partial charge in [0.1, 0.15) is 0 Å². The molecule has 1 heterocycles. The molecule has 0 radical (unpaired) electrons. The summed E-state index contributed by atoms with van der Waals surface area (Å²) >= 11 is 0. The fourth-order valence-corrected chi connectivity index (χ4v) is 2.10. The molecule has 6 nitrogen and oxygen atoms in total. The molecule has 0 spiro atoms. The van der Waals surface area contributed by atoms with E-state index in [0.717, 1.165) is 19.3 Å². The van der Waals surface area contributed by atoms with Crippen LogP contribution in [0, 0.1) is 0 Å². The number of nitrogens with zero attached hydrogens (tertiary/aromatic N) is 1. The van der Waals surface area contributed by atoms with E-state index >= 15 is 0 Å². The van der Waals surface area contributed by atoms with Crippen molar-refractivity contribution in [3.63, 3.8) is 0 Å². The molecule has 0 atom stereocenters. The van der Waals surface area contributed by atoms with E-state index in [1.54, 1.807) is 0 Å². The topological polar surface area (TPSA) is 101 Å². The Morgan fingerprint density at radius 3 is 2.80 bits per heavy atom. The highest BCUT2D eigenvalue weighted by atomic mass is 32.2. The molecule has 86 valence electrons. The van der Waals surface area contributed by atoms with Gasteiger partial charge in [0.2, 0.25) is 0 Å². The van der Waals surface area contributed by atoms with Gasteiger partial charge in [0, 0.05) is 6.54 Å². The predicted octanol–water partition coefficient (Wildman–Crippen LogP) is -0.183. The zero-order valence-electron chi connectivity index (χ0n) is 8.44. The molecule has 1 aromatic heterocycles. The van der Waals surface area contributed by atoms with Gasteiger partial charge in [0.05, 0.1) is 6.20 Å². The summed E-state index contributed by atoms with van der Waals surface area (Å²) in [5.41, 5.74) is 5.32. The molecule has 0 aliphatic carbocycles. The third-order valence-electron chi connectivity index (χ3n) is 1.94. The molecule has 0 bridgehead atoms. The molecule has 0 fully saturated rings. The summed E-state index contributed by atoms with van der Waals surface area (Å²) in [6.45, 7) is 1.08. The Hall–Kier alpha value is -0.920. The van der Waals surface area contributed by atoms with Crippen molar-refractivity contribution in [3.05, 3.63) is 12.3 Å². The molecule has 0 saturated heterocycles. The van der Waals surface area contributed by atoms with E-state index in [-0.39, 0.29) is 5.03 Å². The fourth-order valence-electron chi connectivity index (χ4n) is 1.12. The lowest BCUT2D eigenvalue weighted by Crippen LogP contribution is -2.25. The van der Waals surface area contributed by atoms with Crippen LogP contribution < -0.4 is 10.5 Å². The lowest BCUT2D eigenvalue weighted by molar-refractivity contribution is 0.571. The zero-order valence-corrected chi connectivity index (χ0v) is 9.26. The van der Waals surface area contributed by atoms with E-state index in [4.69, 9.17) is 5.73 Å². The van der Waals surface area contributed by atoms with Crippen LogP contribution in [0.2, 0.25) is 0 Å². The first kappa shape index (κ1) is 12.2. The maximum Gasteiger partial charge on any atom is 0.257 e. The van der Waals surface area contributed by atoms with Gasteiger partial charge in [0.25, 0.3) is 10.0 Å². The normalized spacial score (nSPS) is 11.8. The number of H-pyrrole nitrogens is 1. The van der Waals surface area contributed by atoms with Crippen LogP contribution >= 0.6 is 0 Å². The van der Waals surface area contributed by atoms with Crippen LogP contribution in [0.25, 0.3) is 0 Å². The largest absolute Gasteiger partial charge is 0.330 e. The number of hydrogen-bond donors (Lipinski definition) is 3. The molecule has 0 amide bonds. The fraction of sp³-hybridized carbons (Fsp3) is 0.625. The Kier molecular flexibility index (Phi) is 4.73. The van der Waals surface area contributed by atoms with Gasteiger partial charge in [-0.25, -0.2) is 13.1 Å². The van der Waals surface area contributed by atoms with E-state index in [2.05, 4.69) is 14.9 Å². The van der Waals surface area contributed by atoms with Crippen molar-refractivity contribution in [1.82, 2.24) is 14.9 Å². The lowest BCUT2D eigenvalue weighted by Gasteiger charge is -2.03. The highest BCUT2D eigenvalue weighted by Crippen LogP contribution is 2.02. The van der Waals surface area contributed by atoms with Crippen LogP contribution in [0.1, 0.15) is 19.3 Å². The van der Waals surface area contributed by atoms with Crippen LogP contribution in [0.5, 0.6) is 0 Å². The van der Waals surface area contributed by atoms with Gasteiger partial charge in [-0.1, -0.05) is 6.42 Å². The number of nitrogens with one attached hydrogen (secondary N) is 2. The summed E-state index contributed by atoms with van der Waals surface area (Å²) in [5.74, 6) is 0. The molecule has 1 aromatic rings. The Morgan fingerprint density at radius 2 is 2.20 bits per heavy atom. The molecule has 15 heavy (non-hydrogen) atoms. The average Bonchev–Trinajstić information content (AvgIpc) is 2.70. The minimum Gasteiger partial charge on any atom is -0.330 e. The first-order valence-corrected chi connectivity index (χ1v) is 6.34. The third-order valence-corrected chi connectivity index (χ3v) is 3.33. The van der Waals surface area contributed by atoms with Gasteiger partial charge >= 0.3 is 0 Å². The van der Waals surface area contributed by atoms with Gasteiger partial charge in [-0.05, 0) is 25.5 Å². The van der Waals surface area contributed by atoms with Crippen molar-refractivity contribution >= 4 is 10.0 Å². The number of aromatic nitrogens is 2. The van der Waals surface area contributed by atoms with Gasteiger partial charge in [-0.2, -0.15) is 5.10 Å². The van der Waals surface area contributed by atoms with E-state index in [9.17, 15) is 8.42 Å². The molecule has 0 aromatic carbocycles. The van der Waals surface area contributed by atoms with Crippen molar-refractivity contribution in [2.45, 2.75) is 24.3 Å². The molecule has 4 N–H and O–H groups in total. The smallest absolute Gasteiger partial charge is 0.257 e. The average molecular weight is 232 g/mol. The van der Waals surface area contributed by atoms with Crippen LogP contribution in [-0.4, -0.2) is 31.7 Å². The van der Waals surface area contributed by atoms with Crippen molar-refractivity contribution in [1.29, 1.82) is 0 Å². The highest BCUT2D eigenvalue weighted by molar-refractivity contribution is 7.89. The van der Waals surface area contributed by atoms with Crippen molar-refractivity contribution in [2.24, 2.45) is 5.73 Å². The van der Waals surface area contributed by atoms with E-state index in [1.807, 2.05) is 0 Å². The summed E-state index contributed by atoms with van der Waals surface area (Å²) in [6, 6.07) is 1.42. The van der Waals surface area contributed by atoms with E-state index in [0.29, 0.717) is 13.1 Å². The number of rotatable bonds is 7. The number of sulfonamides is 1. The van der Waals surface area contributed by atoms with Crippen molar-refractivity contribution in [3.8, 4) is 0 Å². The molecular formula is C8H16N4O2S. The molecule has 1 rings (SSSR count). The molecule has 7 heteroatoms. The van der Waals surface area contributed by atoms with Crippen LogP contribution in [0.3, 0.4) is 0 Å². The molecule has 0 saturated carbocycles. The molecule has 0 aliphatic heterocycles. The second-order valence-corrected chi connectivity index (χ2v) is 4.90. The lowest BCUT2D eigenvalue weighted by atomic mass is 10.2. The standard InChI is InChI=1S/C8H16N4O2S/c9-5-2-1-3-6-11-15(13,14)8-4-7-10-12-8/h4,7,11H,1-3,5-6,9H2,(H,10,12). The quantitative estimate of drug-likeness (QED) is 0.567. The summed E-state index contributed by atoms with van der Waals surface area (Å²) < 4.78 is 25.5. The summed E-state index contributed by atoms with van der Waals surface area (Å²) in [6.07, 6.45) is 4.06. The Morgan fingerprint density at radius 1 is 1.40 bits per heavy atom. The van der Waals surface area contributed by atoms with Crippen LogP contribution in [0.4, 0.5) is 0 Å². The Labute approximate surface area is 89.3 Å². The van der Waals surface area contributed by atoms with Gasteiger partial charge < -0.3 is 5.73 Å². The first-order chi connectivity index (χ1) is 7.17. The molecule has 0 unspecified atom stereocenters. The maximum atomic E-state index is 11.5. The highest BCUT2D eigenvalue weighted by Gasteiger charge is 2.13. The third kappa shape index (κ3) is 3.98. The van der Waals surface area contributed by atoms with Crippen LogP contribution in [0.15, 0.2) is 17.3 Å². The van der Waals surface area contributed by atoms with Gasteiger partial charge in [-0.3, -0.25) is 5.10 Å². The Bertz CT molecular complexity index is 360. The van der Waals surface area contributed by atoms with Crippen LogP contribution in [-0.2, 0) is 10.0 Å². The second kappa shape index (κ2) is 5.84. The van der Waals surface area contributed by atoms with Gasteiger partial charge in [-0.15, -0.1) is 0 Å². The SMILES string of the molecule is NCCCCCNS(=O)(=O)c1ccn[nH]1. The number of aromatic amines is 1. The summed E-state index contributed by atoms with van der Waals surface area (Å²) in [7, 11) is -3.40. The van der Waals surface area contributed by atoms with Crippen molar-refractivity contribution < 1.29 is 8.42 Å². The minimum absolute atomic E-state index is 0.0984. The van der Waals surface area contributed by atoms with Gasteiger partial charge in [0.15, 0.2) is 5.03 Å². The summed E-state index contributed by atoms with van der Waals surface area (Å²) in [5, 5.41) is 6.09. The van der Waals surface area contributed by atoms with E-state index < -0.39 is 10.0 Å². The predicted molar refractivity (Wildman–Crippen MR) is 56.7 cm³/mol. The maximum absolute atomic E-state index is 11.5.